The molecule has 0 aromatic rings. The molecule has 1 nitrogen and oxygen atoms in total. The van der Waals surface area contributed by atoms with Crippen LogP contribution in [0, 0.1) is 0 Å². The highest BCUT2D eigenvalue weighted by Crippen LogP contribution is 2.30. The molecule has 1 heteroatoms. The maximum Gasteiger partial charge on any atom is 0.122 e. The van der Waals surface area contributed by atoms with E-state index < -0.39 is 0 Å². The number of aliphatic hydroxyl groups is 1. The number of hydrogen-bond donors (Lipinski definition) is 1. The van der Waals surface area contributed by atoms with Gasteiger partial charge in [-0.3, -0.25) is 0 Å². The van der Waals surface area contributed by atoms with E-state index in [9.17, 15) is 5.11 Å². The van der Waals surface area contributed by atoms with Crippen molar-refractivity contribution in [2.45, 2.75) is 12.8 Å². The molecular weight excluding hydrogens is 136 g/mol. The van der Waals surface area contributed by atoms with Crippen LogP contribution in [0.5, 0.6) is 0 Å². The van der Waals surface area contributed by atoms with E-state index in [1.807, 2.05) is 12.2 Å². The first-order chi connectivity index (χ1) is 5.38. The van der Waals surface area contributed by atoms with Gasteiger partial charge in [0.15, 0.2) is 0 Å². The number of fused-ring (bicyclic) bond motifs is 1. The topological polar surface area (TPSA) is 20.2 Å². The summed E-state index contributed by atoms with van der Waals surface area (Å²) in [5.74, 6) is 0.405. The van der Waals surface area contributed by atoms with Crippen LogP contribution in [0.25, 0.3) is 0 Å². The fraction of sp³-hybridized carbons (Fsp3) is 0.200. The smallest absolute Gasteiger partial charge is 0.122 e. The fourth-order valence-corrected chi connectivity index (χ4v) is 1.49. The quantitative estimate of drug-likeness (QED) is 0.557. The van der Waals surface area contributed by atoms with Crippen LogP contribution < -0.4 is 0 Å². The second-order valence-electron chi connectivity index (χ2n) is 2.79. The largest absolute Gasteiger partial charge is 0.507 e. The minimum Gasteiger partial charge on any atom is -0.507 e. The first-order valence-electron chi connectivity index (χ1n) is 3.85. The lowest BCUT2D eigenvalue weighted by atomic mass is 10.1. The molecule has 1 N–H and O–H groups in total. The van der Waals surface area contributed by atoms with Crippen LogP contribution in [0.4, 0.5) is 0 Å². The lowest BCUT2D eigenvalue weighted by Crippen LogP contribution is -1.86. The van der Waals surface area contributed by atoms with Gasteiger partial charge in [-0.2, -0.15) is 0 Å². The zero-order valence-corrected chi connectivity index (χ0v) is 6.25. The molecule has 0 aromatic heterocycles. The predicted molar refractivity (Wildman–Crippen MR) is 45.3 cm³/mol. The maximum absolute atomic E-state index is 9.46. The number of rotatable bonds is 0. The molecule has 0 atom stereocenters. The zero-order chi connectivity index (χ0) is 7.68. The molecule has 56 valence electrons. The molecule has 0 aromatic carbocycles. The lowest BCUT2D eigenvalue weighted by molar-refractivity contribution is 0.426. The second kappa shape index (κ2) is 2.42. The van der Waals surface area contributed by atoms with E-state index in [4.69, 9.17) is 0 Å². The Hall–Kier alpha value is -1.24. The van der Waals surface area contributed by atoms with Crippen molar-refractivity contribution in [1.82, 2.24) is 0 Å². The van der Waals surface area contributed by atoms with Gasteiger partial charge in [-0.25, -0.2) is 0 Å². The number of allylic oxidation sites excluding steroid dienone is 6. The first kappa shape index (κ1) is 6.47. The minimum atomic E-state index is 0.405. The van der Waals surface area contributed by atoms with Gasteiger partial charge in [0.25, 0.3) is 0 Å². The van der Waals surface area contributed by atoms with Crippen molar-refractivity contribution < 1.29 is 5.11 Å². The van der Waals surface area contributed by atoms with Gasteiger partial charge < -0.3 is 5.11 Å². The average molecular weight is 146 g/mol. The van der Waals surface area contributed by atoms with Gasteiger partial charge in [0.05, 0.1) is 0 Å². The van der Waals surface area contributed by atoms with Crippen LogP contribution in [-0.4, -0.2) is 5.11 Å². The van der Waals surface area contributed by atoms with Gasteiger partial charge in [-0.1, -0.05) is 24.3 Å². The molecule has 0 amide bonds. The molecule has 0 unspecified atom stereocenters. The third-order valence-electron chi connectivity index (χ3n) is 2.05. The van der Waals surface area contributed by atoms with Gasteiger partial charge >= 0.3 is 0 Å². The highest BCUT2D eigenvalue weighted by atomic mass is 16.3. The molecule has 0 saturated heterocycles. The lowest BCUT2D eigenvalue weighted by Gasteiger charge is -2.00. The molecule has 2 aliphatic carbocycles. The average Bonchev–Trinajstić information content (AvgIpc) is 2.40. The molecule has 0 radical (unpaired) electrons. The summed E-state index contributed by atoms with van der Waals surface area (Å²) in [6, 6.07) is 0. The molecular formula is C10H10O. The van der Waals surface area contributed by atoms with Crippen molar-refractivity contribution in [3.05, 3.63) is 47.3 Å². The summed E-state index contributed by atoms with van der Waals surface area (Å²) >= 11 is 0. The van der Waals surface area contributed by atoms with Crippen LogP contribution in [-0.2, 0) is 0 Å². The Balaban J connectivity index is 2.47. The fourth-order valence-electron chi connectivity index (χ4n) is 1.49. The molecule has 11 heavy (non-hydrogen) atoms. The monoisotopic (exact) mass is 146 g/mol. The van der Waals surface area contributed by atoms with Crippen molar-refractivity contribution in [3.63, 3.8) is 0 Å². The molecule has 2 rings (SSSR count). The summed E-state index contributed by atoms with van der Waals surface area (Å²) in [4.78, 5) is 0. The van der Waals surface area contributed by atoms with Crippen LogP contribution in [0.3, 0.4) is 0 Å². The van der Waals surface area contributed by atoms with Crippen molar-refractivity contribution >= 4 is 0 Å². The van der Waals surface area contributed by atoms with Gasteiger partial charge in [-0.05, 0) is 24.5 Å². The third-order valence-corrected chi connectivity index (χ3v) is 2.05. The molecule has 0 bridgehead atoms. The predicted octanol–water partition coefficient (Wildman–Crippen LogP) is 2.64. The van der Waals surface area contributed by atoms with Crippen molar-refractivity contribution in [2.24, 2.45) is 0 Å². The van der Waals surface area contributed by atoms with E-state index in [1.165, 1.54) is 5.57 Å². The van der Waals surface area contributed by atoms with Crippen molar-refractivity contribution in [3.8, 4) is 0 Å². The molecule has 0 saturated carbocycles. The van der Waals surface area contributed by atoms with Gasteiger partial charge in [0.1, 0.15) is 5.76 Å². The molecule has 0 spiro atoms. The summed E-state index contributed by atoms with van der Waals surface area (Å²) in [7, 11) is 0. The summed E-state index contributed by atoms with van der Waals surface area (Å²) < 4.78 is 0. The Kier molecular flexibility index (Phi) is 1.42. The van der Waals surface area contributed by atoms with Crippen LogP contribution in [0.15, 0.2) is 47.3 Å². The number of aliphatic hydroxyl groups excluding tert-OH is 1. The molecule has 0 fully saturated rings. The highest BCUT2D eigenvalue weighted by Gasteiger charge is 2.14. The van der Waals surface area contributed by atoms with E-state index in [-0.39, 0.29) is 0 Å². The summed E-state index contributed by atoms with van der Waals surface area (Å²) in [5.41, 5.74) is 2.28. The standard InChI is InChI=1S/C10H10O/c11-10-7-2-1-4-8-5-3-6-9(8)10/h1-2,4,6-7,11H,3,5H2. The Morgan fingerprint density at radius 1 is 1.18 bits per heavy atom. The van der Waals surface area contributed by atoms with E-state index in [0.717, 1.165) is 18.4 Å². The maximum atomic E-state index is 9.46. The Morgan fingerprint density at radius 2 is 2.00 bits per heavy atom. The van der Waals surface area contributed by atoms with Crippen LogP contribution in [0.2, 0.25) is 0 Å². The van der Waals surface area contributed by atoms with E-state index in [0.29, 0.717) is 5.76 Å². The van der Waals surface area contributed by atoms with E-state index >= 15 is 0 Å². The minimum absolute atomic E-state index is 0.405. The Bertz CT molecular complexity index is 290. The summed E-state index contributed by atoms with van der Waals surface area (Å²) in [6.45, 7) is 0. The number of hydrogen-bond acceptors (Lipinski definition) is 1. The van der Waals surface area contributed by atoms with Crippen molar-refractivity contribution in [1.29, 1.82) is 0 Å². The first-order valence-corrected chi connectivity index (χ1v) is 3.85. The van der Waals surface area contributed by atoms with E-state index in [2.05, 4.69) is 12.2 Å². The normalized spacial score (nSPS) is 21.6. The highest BCUT2D eigenvalue weighted by molar-refractivity contribution is 5.50. The van der Waals surface area contributed by atoms with Crippen LogP contribution >= 0.6 is 0 Å². The zero-order valence-electron chi connectivity index (χ0n) is 6.25. The van der Waals surface area contributed by atoms with Gasteiger partial charge in [0.2, 0.25) is 0 Å². The van der Waals surface area contributed by atoms with Crippen LogP contribution in [0.1, 0.15) is 12.8 Å². The van der Waals surface area contributed by atoms with Gasteiger partial charge in [-0.15, -0.1) is 0 Å². The van der Waals surface area contributed by atoms with Gasteiger partial charge in [0, 0.05) is 5.57 Å². The summed E-state index contributed by atoms with van der Waals surface area (Å²) in [6.07, 6.45) is 11.9. The molecule has 2 aliphatic rings. The molecule has 0 aliphatic heterocycles. The Labute approximate surface area is 66.0 Å². The van der Waals surface area contributed by atoms with E-state index in [1.54, 1.807) is 6.08 Å². The van der Waals surface area contributed by atoms with Crippen molar-refractivity contribution in [2.75, 3.05) is 0 Å². The SMILES string of the molecule is OC1=CC=CC=C2CCC=C12. The Morgan fingerprint density at radius 3 is 2.91 bits per heavy atom. The molecule has 0 heterocycles. The summed E-state index contributed by atoms with van der Waals surface area (Å²) in [5, 5.41) is 9.46. The third kappa shape index (κ3) is 1.03. The second-order valence-corrected chi connectivity index (χ2v) is 2.79.